The molecule has 0 atom stereocenters. The van der Waals surface area contributed by atoms with Crippen LogP contribution < -0.4 is 15.5 Å². The number of hydrogen-bond donors (Lipinski definition) is 2. The number of para-hydroxylation sites is 1. The maximum atomic E-state index is 12.5. The first-order valence-corrected chi connectivity index (χ1v) is 11.0. The van der Waals surface area contributed by atoms with Crippen LogP contribution in [0.25, 0.3) is 11.0 Å². The van der Waals surface area contributed by atoms with Crippen molar-refractivity contribution < 1.29 is 14.0 Å². The fourth-order valence-electron chi connectivity index (χ4n) is 3.98. The molecule has 0 spiro atoms. The predicted octanol–water partition coefficient (Wildman–Crippen LogP) is 4.86. The number of anilines is 3. The lowest BCUT2D eigenvalue weighted by atomic mass is 10.1. The second-order valence-electron chi connectivity index (χ2n) is 8.12. The Labute approximate surface area is 191 Å². The maximum Gasteiger partial charge on any atom is 0.291 e. The van der Waals surface area contributed by atoms with Crippen molar-refractivity contribution in [3.63, 3.8) is 0 Å². The molecule has 2 amide bonds. The van der Waals surface area contributed by atoms with Crippen molar-refractivity contribution in [2.75, 3.05) is 28.6 Å². The third kappa shape index (κ3) is 4.87. The van der Waals surface area contributed by atoms with Gasteiger partial charge in [0.25, 0.3) is 5.91 Å². The first-order chi connectivity index (χ1) is 16.1. The predicted molar refractivity (Wildman–Crippen MR) is 129 cm³/mol. The van der Waals surface area contributed by atoms with Crippen LogP contribution in [-0.4, -0.2) is 29.9 Å². The first-order valence-electron chi connectivity index (χ1n) is 11.0. The molecule has 0 bridgehead atoms. The molecule has 1 aliphatic heterocycles. The van der Waals surface area contributed by atoms with E-state index in [1.54, 1.807) is 24.4 Å². The summed E-state index contributed by atoms with van der Waals surface area (Å²) in [5.41, 5.74) is 2.82. The molecule has 0 unspecified atom stereocenters. The van der Waals surface area contributed by atoms with E-state index in [9.17, 15) is 9.59 Å². The molecule has 2 aromatic carbocycles. The highest BCUT2D eigenvalue weighted by Crippen LogP contribution is 2.21. The van der Waals surface area contributed by atoms with E-state index in [-0.39, 0.29) is 24.0 Å². The smallest absolute Gasteiger partial charge is 0.291 e. The lowest BCUT2D eigenvalue weighted by Gasteiger charge is -2.16. The van der Waals surface area contributed by atoms with Gasteiger partial charge in [-0.25, -0.2) is 4.98 Å². The summed E-state index contributed by atoms with van der Waals surface area (Å²) in [5.74, 6) is 0.765. The van der Waals surface area contributed by atoms with Gasteiger partial charge >= 0.3 is 0 Å². The Hall–Kier alpha value is -4.13. The number of amides is 2. The van der Waals surface area contributed by atoms with Crippen LogP contribution in [0, 0.1) is 0 Å². The minimum atomic E-state index is -0.318. The van der Waals surface area contributed by atoms with Crippen LogP contribution in [0.3, 0.4) is 0 Å². The molecule has 4 aromatic rings. The largest absolute Gasteiger partial charge is 0.451 e. The van der Waals surface area contributed by atoms with Crippen LogP contribution >= 0.6 is 0 Å². The van der Waals surface area contributed by atoms with Gasteiger partial charge in [-0.05, 0) is 54.8 Å². The summed E-state index contributed by atoms with van der Waals surface area (Å²) in [6.07, 6.45) is 4.32. The first kappa shape index (κ1) is 20.8. The van der Waals surface area contributed by atoms with Gasteiger partial charge in [0, 0.05) is 24.2 Å². The highest BCUT2D eigenvalue weighted by molar-refractivity contribution is 6.04. The molecular formula is C26H24N4O3. The second-order valence-corrected chi connectivity index (χ2v) is 8.12. The lowest BCUT2D eigenvalue weighted by molar-refractivity contribution is -0.115. The fourth-order valence-corrected chi connectivity index (χ4v) is 3.98. The van der Waals surface area contributed by atoms with Gasteiger partial charge in [-0.3, -0.25) is 9.59 Å². The average molecular weight is 441 g/mol. The van der Waals surface area contributed by atoms with Gasteiger partial charge in [-0.1, -0.05) is 30.3 Å². The molecular weight excluding hydrogens is 416 g/mol. The third-order valence-electron chi connectivity index (χ3n) is 5.69. The van der Waals surface area contributed by atoms with E-state index in [1.807, 2.05) is 48.5 Å². The quantitative estimate of drug-likeness (QED) is 0.447. The van der Waals surface area contributed by atoms with Gasteiger partial charge in [0.15, 0.2) is 5.76 Å². The van der Waals surface area contributed by atoms with E-state index in [4.69, 9.17) is 4.42 Å². The van der Waals surface area contributed by atoms with Crippen molar-refractivity contribution in [3.05, 3.63) is 84.3 Å². The summed E-state index contributed by atoms with van der Waals surface area (Å²) >= 11 is 0. The number of benzene rings is 2. The molecule has 7 heteroatoms. The number of nitrogens with one attached hydrogen (secondary N) is 2. The summed E-state index contributed by atoms with van der Waals surface area (Å²) in [7, 11) is 0. The molecule has 0 saturated carbocycles. The Morgan fingerprint density at radius 2 is 1.67 bits per heavy atom. The highest BCUT2D eigenvalue weighted by atomic mass is 16.3. The Bertz CT molecular complexity index is 1240. The topological polar surface area (TPSA) is 87.5 Å². The molecule has 2 aromatic heterocycles. The number of nitrogens with zero attached hydrogens (tertiary/aromatic N) is 2. The molecule has 33 heavy (non-hydrogen) atoms. The number of rotatable bonds is 6. The van der Waals surface area contributed by atoms with Crippen molar-refractivity contribution in [3.8, 4) is 0 Å². The van der Waals surface area contributed by atoms with E-state index in [0.717, 1.165) is 29.9 Å². The second kappa shape index (κ2) is 9.16. The van der Waals surface area contributed by atoms with E-state index < -0.39 is 0 Å². The molecule has 0 radical (unpaired) electrons. The number of carbonyl (C=O) groups excluding carboxylic acids is 2. The van der Waals surface area contributed by atoms with Crippen LogP contribution in [0.2, 0.25) is 0 Å². The lowest BCUT2D eigenvalue weighted by Crippen LogP contribution is -2.19. The zero-order valence-corrected chi connectivity index (χ0v) is 18.1. The van der Waals surface area contributed by atoms with Gasteiger partial charge in [0.1, 0.15) is 11.4 Å². The SMILES string of the molecule is O=C(Cc1ccc(NC(=O)c2cc3ccccc3o2)cc1)Nc1ccc(N2CCCC2)nc1. The fraction of sp³-hybridized carbons (Fsp3) is 0.192. The maximum absolute atomic E-state index is 12.5. The zero-order chi connectivity index (χ0) is 22.6. The normalized spacial score (nSPS) is 13.3. The van der Waals surface area contributed by atoms with Crippen LogP contribution in [0.5, 0.6) is 0 Å². The van der Waals surface area contributed by atoms with Crippen molar-refractivity contribution in [2.24, 2.45) is 0 Å². The summed E-state index contributed by atoms with van der Waals surface area (Å²) in [4.78, 5) is 31.6. The van der Waals surface area contributed by atoms with Gasteiger partial charge < -0.3 is 20.0 Å². The number of furan rings is 1. The number of carbonyl (C=O) groups is 2. The molecule has 1 saturated heterocycles. The Balaban J connectivity index is 1.15. The van der Waals surface area contributed by atoms with E-state index in [1.165, 1.54) is 12.8 Å². The van der Waals surface area contributed by atoms with Gasteiger partial charge in [0.2, 0.25) is 5.91 Å². The molecule has 1 aliphatic rings. The number of hydrogen-bond acceptors (Lipinski definition) is 5. The van der Waals surface area contributed by atoms with Crippen LogP contribution in [0.15, 0.2) is 77.3 Å². The molecule has 166 valence electrons. The summed E-state index contributed by atoms with van der Waals surface area (Å²) in [6, 6.07) is 20.2. The van der Waals surface area contributed by atoms with Crippen molar-refractivity contribution >= 4 is 40.0 Å². The van der Waals surface area contributed by atoms with Gasteiger partial charge in [-0.2, -0.15) is 0 Å². The molecule has 5 rings (SSSR count). The molecule has 1 fully saturated rings. The minimum Gasteiger partial charge on any atom is -0.451 e. The van der Waals surface area contributed by atoms with Crippen molar-refractivity contribution in [2.45, 2.75) is 19.3 Å². The standard InChI is InChI=1S/C26H24N4O3/c31-25(28-21-11-12-24(27-17-21)30-13-3-4-14-30)15-18-7-9-20(10-8-18)29-26(32)23-16-19-5-1-2-6-22(19)33-23/h1-2,5-12,16-17H,3-4,13-15H2,(H,28,31)(H,29,32). The summed E-state index contributed by atoms with van der Waals surface area (Å²) in [5, 5.41) is 6.59. The summed E-state index contributed by atoms with van der Waals surface area (Å²) < 4.78 is 5.60. The van der Waals surface area contributed by atoms with Gasteiger partial charge in [0.05, 0.1) is 18.3 Å². The Kier molecular flexibility index (Phi) is 5.76. The number of fused-ring (bicyclic) bond motifs is 1. The van der Waals surface area contributed by atoms with Crippen LogP contribution in [-0.2, 0) is 11.2 Å². The van der Waals surface area contributed by atoms with Crippen molar-refractivity contribution in [1.29, 1.82) is 0 Å². The molecule has 0 aliphatic carbocycles. The molecule has 3 heterocycles. The Morgan fingerprint density at radius 1 is 0.909 bits per heavy atom. The van der Waals surface area contributed by atoms with Crippen LogP contribution in [0.1, 0.15) is 29.0 Å². The van der Waals surface area contributed by atoms with E-state index in [0.29, 0.717) is 17.0 Å². The third-order valence-corrected chi connectivity index (χ3v) is 5.69. The Morgan fingerprint density at radius 3 is 2.39 bits per heavy atom. The van der Waals surface area contributed by atoms with Crippen LogP contribution in [0.4, 0.5) is 17.2 Å². The number of pyridine rings is 1. The van der Waals surface area contributed by atoms with Crippen molar-refractivity contribution in [1.82, 2.24) is 4.98 Å². The highest BCUT2D eigenvalue weighted by Gasteiger charge is 2.14. The minimum absolute atomic E-state index is 0.121. The monoisotopic (exact) mass is 440 g/mol. The zero-order valence-electron chi connectivity index (χ0n) is 18.1. The molecule has 2 N–H and O–H groups in total. The summed E-state index contributed by atoms with van der Waals surface area (Å²) in [6.45, 7) is 2.07. The van der Waals surface area contributed by atoms with E-state index >= 15 is 0 Å². The number of aromatic nitrogens is 1. The molecule has 7 nitrogen and oxygen atoms in total. The van der Waals surface area contributed by atoms with E-state index in [2.05, 4.69) is 20.5 Å². The van der Waals surface area contributed by atoms with Gasteiger partial charge in [-0.15, -0.1) is 0 Å². The average Bonchev–Trinajstić information content (AvgIpc) is 3.51.